The molecule has 3 rings (SSSR count). The summed E-state index contributed by atoms with van der Waals surface area (Å²) in [5.41, 5.74) is -1.02. The number of aliphatic hydroxyl groups excluding tert-OH is 3. The molecule has 11 heteroatoms. The largest absolute Gasteiger partial charge is 0.416 e. The Balaban J connectivity index is 1.73. The summed E-state index contributed by atoms with van der Waals surface area (Å²) in [7, 11) is 0. The lowest BCUT2D eigenvalue weighted by Gasteiger charge is -2.11. The van der Waals surface area contributed by atoms with E-state index in [4.69, 9.17) is 9.84 Å². The highest BCUT2D eigenvalue weighted by Gasteiger charge is 2.44. The summed E-state index contributed by atoms with van der Waals surface area (Å²) in [4.78, 5) is 16.2. The van der Waals surface area contributed by atoms with E-state index in [1.165, 1.54) is 17.5 Å². The molecule has 4 atom stereocenters. The first kappa shape index (κ1) is 19.7. The second-order valence-corrected chi connectivity index (χ2v) is 6.75. The first-order valence-electron chi connectivity index (χ1n) is 7.77. The van der Waals surface area contributed by atoms with Crippen molar-refractivity contribution in [3.63, 3.8) is 0 Å². The van der Waals surface area contributed by atoms with Crippen LogP contribution in [0.2, 0.25) is 0 Å². The van der Waals surface area contributed by atoms with Gasteiger partial charge in [-0.05, 0) is 18.2 Å². The first-order chi connectivity index (χ1) is 12.7. The summed E-state index contributed by atoms with van der Waals surface area (Å²) in [6.45, 7) is -0.497. The standard InChI is InChI=1S/C16H15F3N2O5S/c17-16(18,19)7-2-1-3-8(4-7)20-14(25)9-6-27-15(21-9)13-12(24)11(23)10(5-22)26-13/h1-4,6,10-13,22-24H,5H2,(H,20,25)/t10-,11-,12-,13-/m1/s1. The SMILES string of the molecule is O=C(Nc1cccc(C(F)(F)F)c1)c1csc([C@@H]2O[C@H](CO)[C@@H](O)[C@H]2O)n1. The van der Waals surface area contributed by atoms with Crippen molar-refractivity contribution < 1.29 is 38.0 Å². The van der Waals surface area contributed by atoms with Gasteiger partial charge in [0, 0.05) is 11.1 Å². The summed E-state index contributed by atoms with van der Waals surface area (Å²) < 4.78 is 43.5. The number of benzene rings is 1. The van der Waals surface area contributed by atoms with E-state index in [1.807, 2.05) is 0 Å². The number of ether oxygens (including phenoxy) is 1. The number of carbonyl (C=O) groups excluding carboxylic acids is 1. The van der Waals surface area contributed by atoms with Gasteiger partial charge in [0.15, 0.2) is 0 Å². The van der Waals surface area contributed by atoms with Crippen LogP contribution in [0.4, 0.5) is 18.9 Å². The van der Waals surface area contributed by atoms with Crippen LogP contribution in [0.3, 0.4) is 0 Å². The van der Waals surface area contributed by atoms with E-state index in [-0.39, 0.29) is 16.4 Å². The van der Waals surface area contributed by atoms with E-state index in [0.717, 1.165) is 23.5 Å². The molecule has 1 saturated heterocycles. The number of halogens is 3. The molecule has 1 aromatic carbocycles. The fourth-order valence-corrected chi connectivity index (χ4v) is 3.47. The average Bonchev–Trinajstić information content (AvgIpc) is 3.20. The van der Waals surface area contributed by atoms with Gasteiger partial charge in [-0.2, -0.15) is 13.2 Å². The summed E-state index contributed by atoms with van der Waals surface area (Å²) in [5, 5.41) is 32.7. The Kier molecular flexibility index (Phi) is 5.49. The molecule has 146 valence electrons. The average molecular weight is 404 g/mol. The zero-order chi connectivity index (χ0) is 19.8. The Morgan fingerprint density at radius 3 is 2.67 bits per heavy atom. The summed E-state index contributed by atoms with van der Waals surface area (Å²) in [5.74, 6) is -0.733. The highest BCUT2D eigenvalue weighted by Crippen LogP contribution is 2.35. The fraction of sp³-hybridized carbons (Fsp3) is 0.375. The van der Waals surface area contributed by atoms with Crippen LogP contribution in [0.1, 0.15) is 27.2 Å². The normalized spacial score (nSPS) is 25.6. The van der Waals surface area contributed by atoms with Crippen LogP contribution in [0, 0.1) is 0 Å². The highest BCUT2D eigenvalue weighted by molar-refractivity contribution is 7.09. The van der Waals surface area contributed by atoms with Gasteiger partial charge in [-0.3, -0.25) is 4.79 Å². The second-order valence-electron chi connectivity index (χ2n) is 5.86. The molecular weight excluding hydrogens is 389 g/mol. The van der Waals surface area contributed by atoms with E-state index in [0.29, 0.717) is 0 Å². The Hall–Kier alpha value is -2.05. The first-order valence-corrected chi connectivity index (χ1v) is 8.65. The van der Waals surface area contributed by atoms with E-state index in [1.54, 1.807) is 0 Å². The topological polar surface area (TPSA) is 112 Å². The number of nitrogens with zero attached hydrogens (tertiary/aromatic N) is 1. The minimum Gasteiger partial charge on any atom is -0.394 e. The molecule has 1 aliphatic rings. The van der Waals surface area contributed by atoms with Crippen molar-refractivity contribution >= 4 is 22.9 Å². The van der Waals surface area contributed by atoms with Gasteiger partial charge in [0.05, 0.1) is 12.2 Å². The van der Waals surface area contributed by atoms with Crippen molar-refractivity contribution in [2.75, 3.05) is 11.9 Å². The number of rotatable bonds is 4. The molecule has 27 heavy (non-hydrogen) atoms. The maximum Gasteiger partial charge on any atom is 0.416 e. The van der Waals surface area contributed by atoms with Gasteiger partial charge in [0.25, 0.3) is 5.91 Å². The quantitative estimate of drug-likeness (QED) is 0.616. The number of nitrogens with one attached hydrogen (secondary N) is 1. The number of aromatic nitrogens is 1. The van der Waals surface area contributed by atoms with E-state index in [2.05, 4.69) is 10.3 Å². The van der Waals surface area contributed by atoms with Crippen molar-refractivity contribution in [1.82, 2.24) is 4.98 Å². The monoisotopic (exact) mass is 404 g/mol. The zero-order valence-corrected chi connectivity index (χ0v) is 14.4. The van der Waals surface area contributed by atoms with Crippen LogP contribution in [0.15, 0.2) is 29.6 Å². The smallest absolute Gasteiger partial charge is 0.394 e. The fourth-order valence-electron chi connectivity index (χ4n) is 2.59. The van der Waals surface area contributed by atoms with Gasteiger partial charge in [-0.25, -0.2) is 4.98 Å². The van der Waals surface area contributed by atoms with Gasteiger partial charge in [0.2, 0.25) is 0 Å². The van der Waals surface area contributed by atoms with Crippen LogP contribution in [-0.4, -0.2) is 51.1 Å². The third-order valence-corrected chi connectivity index (χ3v) is 4.89. The zero-order valence-electron chi connectivity index (χ0n) is 13.6. The van der Waals surface area contributed by atoms with Crippen molar-refractivity contribution in [3.05, 3.63) is 45.9 Å². The lowest BCUT2D eigenvalue weighted by molar-refractivity contribution is -0.137. The number of carbonyl (C=O) groups is 1. The van der Waals surface area contributed by atoms with Gasteiger partial charge in [0.1, 0.15) is 35.1 Å². The molecule has 0 saturated carbocycles. The van der Waals surface area contributed by atoms with Crippen molar-refractivity contribution in [1.29, 1.82) is 0 Å². The molecule has 0 bridgehead atoms. The third-order valence-electron chi connectivity index (χ3n) is 3.99. The van der Waals surface area contributed by atoms with Crippen molar-refractivity contribution in [2.45, 2.75) is 30.6 Å². The van der Waals surface area contributed by atoms with Crippen LogP contribution in [0.25, 0.3) is 0 Å². The lowest BCUT2D eigenvalue weighted by Crippen LogP contribution is -2.32. The van der Waals surface area contributed by atoms with Gasteiger partial charge < -0.3 is 25.4 Å². The Bertz CT molecular complexity index is 828. The Morgan fingerprint density at radius 1 is 1.30 bits per heavy atom. The summed E-state index contributed by atoms with van der Waals surface area (Å²) in [6.07, 6.45) is -9.15. The number of anilines is 1. The van der Waals surface area contributed by atoms with Crippen molar-refractivity contribution in [3.8, 4) is 0 Å². The predicted octanol–water partition coefficient (Wildman–Crippen LogP) is 1.57. The molecule has 0 aliphatic carbocycles. The summed E-state index contributed by atoms with van der Waals surface area (Å²) >= 11 is 0.982. The number of amides is 1. The number of thiazole rings is 1. The maximum absolute atomic E-state index is 12.7. The summed E-state index contributed by atoms with van der Waals surface area (Å²) in [6, 6.07) is 4.17. The van der Waals surface area contributed by atoms with Crippen LogP contribution < -0.4 is 5.32 Å². The maximum atomic E-state index is 12.7. The Labute approximate surface area is 155 Å². The molecule has 1 aliphatic heterocycles. The van der Waals surface area contributed by atoms with E-state index in [9.17, 15) is 28.2 Å². The van der Waals surface area contributed by atoms with Gasteiger partial charge in [-0.15, -0.1) is 11.3 Å². The number of alkyl halides is 3. The molecule has 2 aromatic rings. The van der Waals surface area contributed by atoms with Crippen molar-refractivity contribution in [2.24, 2.45) is 0 Å². The van der Waals surface area contributed by atoms with E-state index >= 15 is 0 Å². The third kappa shape index (κ3) is 4.12. The molecular formula is C16H15F3N2O5S. The minimum atomic E-state index is -4.53. The predicted molar refractivity (Wildman–Crippen MR) is 88.2 cm³/mol. The molecule has 1 amide bonds. The van der Waals surface area contributed by atoms with Gasteiger partial charge >= 0.3 is 6.18 Å². The molecule has 0 radical (unpaired) electrons. The van der Waals surface area contributed by atoms with Gasteiger partial charge in [-0.1, -0.05) is 6.07 Å². The molecule has 7 nitrogen and oxygen atoms in total. The number of hydrogen-bond acceptors (Lipinski definition) is 7. The molecule has 1 fully saturated rings. The molecule has 0 spiro atoms. The number of hydrogen-bond donors (Lipinski definition) is 4. The minimum absolute atomic E-state index is 0.0442. The molecule has 0 unspecified atom stereocenters. The second kappa shape index (κ2) is 7.52. The van der Waals surface area contributed by atoms with Crippen LogP contribution in [0.5, 0.6) is 0 Å². The highest BCUT2D eigenvalue weighted by atomic mass is 32.1. The molecule has 1 aromatic heterocycles. The lowest BCUT2D eigenvalue weighted by atomic mass is 10.1. The van der Waals surface area contributed by atoms with Crippen LogP contribution >= 0.6 is 11.3 Å². The van der Waals surface area contributed by atoms with Crippen LogP contribution in [-0.2, 0) is 10.9 Å². The Morgan fingerprint density at radius 2 is 2.04 bits per heavy atom. The molecule has 4 N–H and O–H groups in total. The number of aliphatic hydroxyl groups is 3. The van der Waals surface area contributed by atoms with E-state index < -0.39 is 48.7 Å². The molecule has 2 heterocycles.